The lowest BCUT2D eigenvalue weighted by atomic mass is 10.1. The minimum atomic E-state index is -0.377. The lowest BCUT2D eigenvalue weighted by Crippen LogP contribution is -2.37. The summed E-state index contributed by atoms with van der Waals surface area (Å²) in [4.78, 5) is 24.5. The lowest BCUT2D eigenvalue weighted by molar-refractivity contribution is 0.682. The second-order valence-electron chi connectivity index (χ2n) is 4.88. The zero-order valence-electron chi connectivity index (χ0n) is 11.8. The first kappa shape index (κ1) is 13.6. The van der Waals surface area contributed by atoms with E-state index in [0.29, 0.717) is 21.7 Å². The van der Waals surface area contributed by atoms with Crippen LogP contribution in [0.1, 0.15) is 0 Å². The quantitative estimate of drug-likeness (QED) is 0.680. The SMILES string of the molecule is Cn1c(=O)c2c(-c3ccc(Cl)cc3)nn(C)c2n(C)c1=O. The molecule has 0 bridgehead atoms. The molecule has 0 saturated heterocycles. The predicted octanol–water partition coefficient (Wildman–Crippen LogP) is 1.29. The van der Waals surface area contributed by atoms with Gasteiger partial charge in [-0.25, -0.2) is 4.79 Å². The molecule has 0 unspecified atom stereocenters. The van der Waals surface area contributed by atoms with Crippen LogP contribution in [0.4, 0.5) is 0 Å². The first-order valence-corrected chi connectivity index (χ1v) is 6.68. The van der Waals surface area contributed by atoms with Crippen molar-refractivity contribution in [3.05, 3.63) is 50.1 Å². The lowest BCUT2D eigenvalue weighted by Gasteiger charge is -2.05. The third-order valence-electron chi connectivity index (χ3n) is 3.54. The maximum absolute atomic E-state index is 12.4. The Morgan fingerprint density at radius 2 is 1.62 bits per heavy atom. The van der Waals surface area contributed by atoms with E-state index in [0.717, 1.165) is 10.1 Å². The minimum absolute atomic E-state index is 0.355. The number of hydrogen-bond donors (Lipinski definition) is 0. The van der Waals surface area contributed by atoms with Crippen LogP contribution in [-0.4, -0.2) is 18.9 Å². The number of benzene rings is 1. The monoisotopic (exact) mass is 304 g/mol. The fourth-order valence-corrected chi connectivity index (χ4v) is 2.60. The highest BCUT2D eigenvalue weighted by molar-refractivity contribution is 6.30. The first-order valence-electron chi connectivity index (χ1n) is 6.30. The second kappa shape index (κ2) is 4.60. The molecule has 0 radical (unpaired) electrons. The van der Waals surface area contributed by atoms with Gasteiger partial charge in [0.2, 0.25) is 0 Å². The molecule has 0 aliphatic rings. The van der Waals surface area contributed by atoms with E-state index in [4.69, 9.17) is 11.6 Å². The van der Waals surface area contributed by atoms with E-state index in [-0.39, 0.29) is 11.2 Å². The van der Waals surface area contributed by atoms with Gasteiger partial charge in [0, 0.05) is 31.7 Å². The van der Waals surface area contributed by atoms with E-state index < -0.39 is 0 Å². The molecule has 2 heterocycles. The van der Waals surface area contributed by atoms with Gasteiger partial charge < -0.3 is 0 Å². The van der Waals surface area contributed by atoms with Crippen molar-refractivity contribution in [2.75, 3.05) is 0 Å². The molecular weight excluding hydrogens is 292 g/mol. The standard InChI is InChI=1S/C14H13ClN4O2/c1-17-12-10(13(20)18(2)14(17)21)11(16-19(12)3)8-4-6-9(15)7-5-8/h4-7H,1-3H3. The summed E-state index contributed by atoms with van der Waals surface area (Å²) < 4.78 is 4.05. The van der Waals surface area contributed by atoms with E-state index in [9.17, 15) is 9.59 Å². The van der Waals surface area contributed by atoms with Crippen LogP contribution in [0, 0.1) is 0 Å². The molecule has 108 valence electrons. The zero-order chi connectivity index (χ0) is 15.3. The highest BCUT2D eigenvalue weighted by atomic mass is 35.5. The van der Waals surface area contributed by atoms with E-state index in [1.54, 1.807) is 43.0 Å². The summed E-state index contributed by atoms with van der Waals surface area (Å²) in [5.74, 6) is 0. The van der Waals surface area contributed by atoms with Crippen molar-refractivity contribution in [3.8, 4) is 11.3 Å². The number of aryl methyl sites for hydroxylation is 2. The van der Waals surface area contributed by atoms with E-state index in [2.05, 4.69) is 5.10 Å². The average Bonchev–Trinajstić information content (AvgIpc) is 2.81. The number of halogens is 1. The molecule has 0 fully saturated rings. The molecular formula is C14H13ClN4O2. The summed E-state index contributed by atoms with van der Waals surface area (Å²) in [6.45, 7) is 0. The van der Waals surface area contributed by atoms with Crippen LogP contribution in [0.3, 0.4) is 0 Å². The molecule has 0 aliphatic carbocycles. The summed E-state index contributed by atoms with van der Waals surface area (Å²) in [6, 6.07) is 7.08. The molecule has 3 rings (SSSR count). The van der Waals surface area contributed by atoms with Crippen molar-refractivity contribution < 1.29 is 0 Å². The first-order chi connectivity index (χ1) is 9.91. The molecule has 0 spiro atoms. The number of rotatable bonds is 1. The number of hydrogen-bond acceptors (Lipinski definition) is 3. The molecule has 6 nitrogen and oxygen atoms in total. The fourth-order valence-electron chi connectivity index (χ4n) is 2.48. The summed E-state index contributed by atoms with van der Waals surface area (Å²) in [7, 11) is 4.79. The van der Waals surface area contributed by atoms with Gasteiger partial charge in [-0.2, -0.15) is 5.10 Å². The topological polar surface area (TPSA) is 61.8 Å². The largest absolute Gasteiger partial charge is 0.332 e. The molecule has 0 N–H and O–H groups in total. The van der Waals surface area contributed by atoms with Crippen molar-refractivity contribution in [1.82, 2.24) is 18.9 Å². The Kier molecular flexibility index (Phi) is 2.98. The van der Waals surface area contributed by atoms with Gasteiger partial charge in [-0.3, -0.25) is 18.6 Å². The number of aromatic nitrogens is 4. The maximum Gasteiger partial charge on any atom is 0.332 e. The third-order valence-corrected chi connectivity index (χ3v) is 3.80. The number of fused-ring (bicyclic) bond motifs is 1. The van der Waals surface area contributed by atoms with Gasteiger partial charge in [-0.05, 0) is 12.1 Å². The van der Waals surface area contributed by atoms with Gasteiger partial charge in [0.1, 0.15) is 16.7 Å². The Morgan fingerprint density at radius 3 is 2.24 bits per heavy atom. The molecule has 0 saturated carbocycles. The molecule has 3 aromatic rings. The molecule has 0 amide bonds. The van der Waals surface area contributed by atoms with Gasteiger partial charge in [-0.15, -0.1) is 0 Å². The zero-order valence-corrected chi connectivity index (χ0v) is 12.5. The highest BCUT2D eigenvalue weighted by Crippen LogP contribution is 2.25. The molecule has 1 aromatic carbocycles. The summed E-state index contributed by atoms with van der Waals surface area (Å²) in [5, 5.41) is 5.43. The van der Waals surface area contributed by atoms with E-state index in [1.165, 1.54) is 11.6 Å². The van der Waals surface area contributed by atoms with Crippen LogP contribution < -0.4 is 11.2 Å². The summed E-state index contributed by atoms with van der Waals surface area (Å²) in [5.41, 5.74) is 1.08. The van der Waals surface area contributed by atoms with Crippen molar-refractivity contribution in [1.29, 1.82) is 0 Å². The van der Waals surface area contributed by atoms with Crippen LogP contribution in [0.25, 0.3) is 22.3 Å². The van der Waals surface area contributed by atoms with Gasteiger partial charge in [0.15, 0.2) is 0 Å². The van der Waals surface area contributed by atoms with Crippen molar-refractivity contribution in [2.45, 2.75) is 0 Å². The Morgan fingerprint density at radius 1 is 1.00 bits per heavy atom. The molecule has 2 aromatic heterocycles. The summed E-state index contributed by atoms with van der Waals surface area (Å²) >= 11 is 5.89. The van der Waals surface area contributed by atoms with Crippen LogP contribution in [0.2, 0.25) is 5.02 Å². The van der Waals surface area contributed by atoms with Crippen molar-refractivity contribution >= 4 is 22.6 Å². The fraction of sp³-hybridized carbons (Fsp3) is 0.214. The normalized spacial score (nSPS) is 11.2. The number of nitrogens with zero attached hydrogens (tertiary/aromatic N) is 4. The second-order valence-corrected chi connectivity index (χ2v) is 5.32. The Balaban J connectivity index is 2.49. The minimum Gasteiger partial charge on any atom is -0.281 e. The molecule has 7 heteroatoms. The summed E-state index contributed by atoms with van der Waals surface area (Å²) in [6.07, 6.45) is 0. The van der Waals surface area contributed by atoms with Crippen LogP contribution in [0.15, 0.2) is 33.9 Å². The van der Waals surface area contributed by atoms with Gasteiger partial charge in [-0.1, -0.05) is 23.7 Å². The Bertz CT molecular complexity index is 964. The average molecular weight is 305 g/mol. The van der Waals surface area contributed by atoms with Gasteiger partial charge in [0.05, 0.1) is 0 Å². The Labute approximate surface area is 124 Å². The van der Waals surface area contributed by atoms with E-state index in [1.807, 2.05) is 0 Å². The van der Waals surface area contributed by atoms with Crippen LogP contribution >= 0.6 is 11.6 Å². The molecule has 0 aliphatic heterocycles. The third kappa shape index (κ3) is 1.91. The predicted molar refractivity (Wildman–Crippen MR) is 81.6 cm³/mol. The van der Waals surface area contributed by atoms with Gasteiger partial charge in [0.25, 0.3) is 5.56 Å². The maximum atomic E-state index is 12.4. The molecule has 0 atom stereocenters. The molecule has 21 heavy (non-hydrogen) atoms. The van der Waals surface area contributed by atoms with E-state index >= 15 is 0 Å². The highest BCUT2D eigenvalue weighted by Gasteiger charge is 2.19. The van der Waals surface area contributed by atoms with Gasteiger partial charge >= 0.3 is 5.69 Å². The smallest absolute Gasteiger partial charge is 0.281 e. The van der Waals surface area contributed by atoms with Crippen molar-refractivity contribution in [3.63, 3.8) is 0 Å². The van der Waals surface area contributed by atoms with Crippen molar-refractivity contribution in [2.24, 2.45) is 21.1 Å². The van der Waals surface area contributed by atoms with Crippen LogP contribution in [0.5, 0.6) is 0 Å². The van der Waals surface area contributed by atoms with Crippen LogP contribution in [-0.2, 0) is 21.1 Å². The Hall–Kier alpha value is -2.34.